The van der Waals surface area contributed by atoms with Crippen molar-refractivity contribution < 1.29 is 27.2 Å². The number of nitrogens with one attached hydrogen (secondary N) is 4. The third-order valence-electron chi connectivity index (χ3n) is 11.4. The number of ether oxygens (including phenoxy) is 1. The van der Waals surface area contributed by atoms with Crippen LogP contribution in [0.15, 0.2) is 59.3 Å². The Hall–Kier alpha value is -5.60. The molecule has 0 bridgehead atoms. The average molecular weight is 838 g/mol. The van der Waals surface area contributed by atoms with Gasteiger partial charge in [0.05, 0.1) is 40.6 Å². The third-order valence-corrected chi connectivity index (χ3v) is 13.6. The number of carbonyl (C=O) groups is 2. The van der Waals surface area contributed by atoms with Gasteiger partial charge in [-0.2, -0.15) is 5.26 Å². The van der Waals surface area contributed by atoms with E-state index in [1.807, 2.05) is 43.3 Å². The summed E-state index contributed by atoms with van der Waals surface area (Å²) >= 11 is 7.18. The fraction of sp³-hybridized carbons (Fsp3) is 0.381. The molecule has 0 unspecified atom stereocenters. The van der Waals surface area contributed by atoms with Crippen molar-refractivity contribution in [2.75, 3.05) is 33.3 Å². The predicted molar refractivity (Wildman–Crippen MR) is 220 cm³/mol. The van der Waals surface area contributed by atoms with E-state index < -0.39 is 27.1 Å². The summed E-state index contributed by atoms with van der Waals surface area (Å²) in [7, 11) is -2.04. The molecule has 3 aromatic heterocycles. The summed E-state index contributed by atoms with van der Waals surface area (Å²) in [6.45, 7) is 4.96. The Bertz CT molecular complexity index is 2690. The molecule has 2 saturated heterocycles. The molecule has 2 aromatic carbocycles. The molecule has 5 aromatic rings. The minimum absolute atomic E-state index is 0.0718. The monoisotopic (exact) mass is 837 g/mol. The number of halogens is 1. The molecule has 1 saturated carbocycles. The summed E-state index contributed by atoms with van der Waals surface area (Å²) in [5.41, 5.74) is 6.00. The van der Waals surface area contributed by atoms with Crippen LogP contribution in [0.25, 0.3) is 44.7 Å². The zero-order chi connectivity index (χ0) is 41.4. The van der Waals surface area contributed by atoms with Crippen molar-refractivity contribution in [1.29, 1.82) is 10.7 Å². The van der Waals surface area contributed by atoms with E-state index in [0.717, 1.165) is 28.7 Å². The highest BCUT2D eigenvalue weighted by atomic mass is 35.5. The van der Waals surface area contributed by atoms with E-state index in [9.17, 15) is 23.3 Å². The molecule has 2 aliphatic heterocycles. The molecule has 1 aliphatic carbocycles. The van der Waals surface area contributed by atoms with Crippen molar-refractivity contribution in [2.24, 2.45) is 5.92 Å². The maximum Gasteiger partial charge on any atom is 0.237 e. The number of nitrogens with zero attached hydrogens (tertiary/aromatic N) is 5. The number of fused-ring (bicyclic) bond motifs is 1. The maximum atomic E-state index is 12.7. The summed E-state index contributed by atoms with van der Waals surface area (Å²) in [4.78, 5) is 35.8. The molecule has 306 valence electrons. The zero-order valence-corrected chi connectivity index (χ0v) is 34.3. The Morgan fingerprint density at radius 2 is 1.88 bits per heavy atom. The number of likely N-dealkylation sites (tertiary alicyclic amines) is 1. The second-order valence-electron chi connectivity index (χ2n) is 15.3. The van der Waals surface area contributed by atoms with Crippen LogP contribution in [0.2, 0.25) is 5.02 Å². The molecular weight excluding hydrogens is 794 g/mol. The zero-order valence-electron chi connectivity index (χ0n) is 32.7. The van der Waals surface area contributed by atoms with E-state index in [0.29, 0.717) is 104 Å². The molecule has 3 fully saturated rings. The third kappa shape index (κ3) is 8.33. The fourth-order valence-electron chi connectivity index (χ4n) is 7.92. The van der Waals surface area contributed by atoms with Crippen LogP contribution >= 0.6 is 11.6 Å². The molecule has 8 rings (SSSR count). The number of aromatic nitrogens is 3. The number of benzene rings is 2. The SMILES string of the molecule is COc1nc(-c2cccc(-c3cccc(-c4cc5c(=N)n(CCN6CC[C@@H](C(=O)NS(=O)(=O)C7CC7)C6)cc(C#N)c5o4)c3Cl)c2C)cnc1CNC[C@@H]1CCC(=O)N1. The van der Waals surface area contributed by atoms with Crippen LogP contribution in [0.1, 0.15) is 48.9 Å². The van der Waals surface area contributed by atoms with Gasteiger partial charge in [-0.3, -0.25) is 24.7 Å². The summed E-state index contributed by atoms with van der Waals surface area (Å²) in [5, 5.41) is 25.9. The van der Waals surface area contributed by atoms with Crippen LogP contribution in [0, 0.1) is 29.6 Å². The number of rotatable bonds is 14. The van der Waals surface area contributed by atoms with Gasteiger partial charge >= 0.3 is 0 Å². The number of carbonyl (C=O) groups excluding carboxylic acids is 2. The second-order valence-corrected chi connectivity index (χ2v) is 17.7. The molecule has 0 spiro atoms. The molecule has 2 amide bonds. The number of pyridine rings is 1. The van der Waals surface area contributed by atoms with E-state index >= 15 is 0 Å². The van der Waals surface area contributed by atoms with Gasteiger partial charge in [0.1, 0.15) is 28.6 Å². The lowest BCUT2D eigenvalue weighted by Crippen LogP contribution is -2.39. The van der Waals surface area contributed by atoms with Gasteiger partial charge in [0.15, 0.2) is 5.58 Å². The Morgan fingerprint density at radius 3 is 2.61 bits per heavy atom. The Balaban J connectivity index is 1.00. The molecule has 2 atom stereocenters. The Kier molecular flexibility index (Phi) is 11.3. The van der Waals surface area contributed by atoms with Crippen molar-refractivity contribution in [3.63, 3.8) is 0 Å². The number of sulfonamides is 1. The lowest BCUT2D eigenvalue weighted by molar-refractivity contribution is -0.123. The number of methoxy groups -OCH3 is 1. The number of furan rings is 1. The fourth-order valence-corrected chi connectivity index (χ4v) is 9.61. The van der Waals surface area contributed by atoms with Crippen LogP contribution in [0.3, 0.4) is 0 Å². The molecule has 5 heterocycles. The minimum atomic E-state index is -3.60. The highest BCUT2D eigenvalue weighted by molar-refractivity contribution is 7.90. The van der Waals surface area contributed by atoms with Gasteiger partial charge in [0.2, 0.25) is 27.7 Å². The van der Waals surface area contributed by atoms with Crippen molar-refractivity contribution >= 4 is 44.4 Å². The van der Waals surface area contributed by atoms with Crippen LogP contribution in [-0.2, 0) is 32.7 Å². The molecule has 0 radical (unpaired) electrons. The standard InChI is InChI=1S/C42H44ClN9O6S/c1-24-29(5-3-6-30(24)34-21-47-35(42(49-34)57-2)20-46-19-27-9-12-37(53)48-27)31-7-4-8-32(38(31)43)36-17-33-39(58-36)26(18-44)23-52(40(33)45)16-15-51-14-13-25(22-51)41(54)50-59(55,56)28-10-11-28/h3-8,17,21,23,25,27-28,45-46H,9-16,19-20,22H2,1-2H3,(H,48,53)(H,50,54)/t25-,27+/m1/s1. The topological polar surface area (TPSA) is 208 Å². The van der Waals surface area contributed by atoms with Gasteiger partial charge in [-0.1, -0.05) is 41.9 Å². The molecule has 3 aliphatic rings. The number of amides is 2. The quantitative estimate of drug-likeness (QED) is 0.121. The Morgan fingerprint density at radius 1 is 1.12 bits per heavy atom. The lowest BCUT2D eigenvalue weighted by Gasteiger charge is -2.17. The first kappa shape index (κ1) is 40.2. The molecule has 15 nitrogen and oxygen atoms in total. The first-order chi connectivity index (χ1) is 28.4. The highest BCUT2D eigenvalue weighted by Crippen LogP contribution is 2.41. The largest absolute Gasteiger partial charge is 0.480 e. The van der Waals surface area contributed by atoms with Crippen LogP contribution in [-0.4, -0.2) is 84.2 Å². The summed E-state index contributed by atoms with van der Waals surface area (Å²) in [5.74, 6) is -0.00698. The number of hydrogen-bond acceptors (Lipinski definition) is 12. The molecule has 4 N–H and O–H groups in total. The van der Waals surface area contributed by atoms with Crippen molar-refractivity contribution in [1.82, 2.24) is 34.8 Å². The smallest absolute Gasteiger partial charge is 0.237 e. The van der Waals surface area contributed by atoms with Crippen LogP contribution in [0.4, 0.5) is 0 Å². The van der Waals surface area contributed by atoms with Gasteiger partial charge in [-0.05, 0) is 62.4 Å². The number of hydrogen-bond donors (Lipinski definition) is 4. The van der Waals surface area contributed by atoms with Gasteiger partial charge < -0.3 is 29.3 Å². The first-order valence-electron chi connectivity index (χ1n) is 19.6. The Labute approximate surface area is 346 Å². The molecule has 17 heteroatoms. The molecular formula is C42H44ClN9O6S. The van der Waals surface area contributed by atoms with E-state index in [4.69, 9.17) is 31.1 Å². The second kappa shape index (κ2) is 16.6. The maximum absolute atomic E-state index is 12.7. The summed E-state index contributed by atoms with van der Waals surface area (Å²) in [6.07, 6.45) is 6.38. The highest BCUT2D eigenvalue weighted by Gasteiger charge is 2.39. The van der Waals surface area contributed by atoms with E-state index in [2.05, 4.69) is 31.3 Å². The number of nitriles is 1. The average Bonchev–Trinajstić information content (AvgIpc) is 3.61. The summed E-state index contributed by atoms with van der Waals surface area (Å²) < 4.78 is 40.4. The van der Waals surface area contributed by atoms with Gasteiger partial charge in [-0.15, -0.1) is 0 Å². The normalized spacial score (nSPS) is 18.2. The lowest BCUT2D eigenvalue weighted by atomic mass is 9.93. The van der Waals surface area contributed by atoms with E-state index in [1.165, 1.54) is 0 Å². The minimum Gasteiger partial charge on any atom is -0.480 e. The van der Waals surface area contributed by atoms with Gasteiger partial charge in [-0.25, -0.2) is 13.4 Å². The first-order valence-corrected chi connectivity index (χ1v) is 21.5. The van der Waals surface area contributed by atoms with Crippen molar-refractivity contribution in [2.45, 2.75) is 63.4 Å². The van der Waals surface area contributed by atoms with Gasteiger partial charge in [0.25, 0.3) is 0 Å². The van der Waals surface area contributed by atoms with E-state index in [1.54, 1.807) is 30.1 Å². The van der Waals surface area contributed by atoms with Crippen LogP contribution in [0.5, 0.6) is 5.88 Å². The van der Waals surface area contributed by atoms with Crippen molar-refractivity contribution in [3.8, 4) is 45.7 Å². The van der Waals surface area contributed by atoms with E-state index in [-0.39, 0.29) is 28.6 Å². The molecule has 59 heavy (non-hydrogen) atoms. The summed E-state index contributed by atoms with van der Waals surface area (Å²) in [6, 6.07) is 15.6. The predicted octanol–water partition coefficient (Wildman–Crippen LogP) is 4.65. The van der Waals surface area contributed by atoms with Crippen LogP contribution < -0.4 is 25.6 Å². The van der Waals surface area contributed by atoms with Gasteiger partial charge in [0, 0.05) is 68.1 Å². The van der Waals surface area contributed by atoms with Crippen molar-refractivity contribution in [3.05, 3.63) is 82.2 Å².